The van der Waals surface area contributed by atoms with Crippen LogP contribution in [-0.4, -0.2) is 46.5 Å². The van der Waals surface area contributed by atoms with Gasteiger partial charge in [0.2, 0.25) is 5.78 Å². The van der Waals surface area contributed by atoms with E-state index in [1.807, 2.05) is 6.08 Å². The minimum Gasteiger partial charge on any atom is -0.453 e. The lowest BCUT2D eigenvalue weighted by Crippen LogP contribution is -2.67. The fraction of sp³-hybridized carbons (Fsp3) is 0.488. The van der Waals surface area contributed by atoms with Gasteiger partial charge in [-0.1, -0.05) is 55.8 Å². The van der Waals surface area contributed by atoms with E-state index in [-0.39, 0.29) is 58.2 Å². The third-order valence-corrected chi connectivity index (χ3v) is 15.2. The van der Waals surface area contributed by atoms with Gasteiger partial charge in [0, 0.05) is 33.9 Å². The van der Waals surface area contributed by atoms with Crippen LogP contribution in [0, 0.1) is 33.5 Å². The molecule has 1 aliphatic heterocycles. The van der Waals surface area contributed by atoms with Crippen LogP contribution in [0.1, 0.15) is 80.5 Å². The number of ketones is 1. The molecule has 3 spiro atoms. The van der Waals surface area contributed by atoms with Gasteiger partial charge < -0.3 is 19.0 Å². The van der Waals surface area contributed by atoms with Crippen LogP contribution in [-0.2, 0) is 17.5 Å². The molecule has 8 unspecified atom stereocenters. The van der Waals surface area contributed by atoms with Gasteiger partial charge in [-0.05, 0) is 110 Å². The summed E-state index contributed by atoms with van der Waals surface area (Å²) < 4.78 is 95.7. The highest BCUT2D eigenvalue weighted by molar-refractivity contribution is 6.33. The summed E-state index contributed by atoms with van der Waals surface area (Å²) in [6.45, 7) is 4.76. The number of nitrogens with zero attached hydrogens (tertiary/aromatic N) is 1. The van der Waals surface area contributed by atoms with Crippen molar-refractivity contribution >= 4 is 23.5 Å². The average Bonchev–Trinajstić information content (AvgIpc) is 3.83. The van der Waals surface area contributed by atoms with E-state index >= 15 is 4.79 Å². The van der Waals surface area contributed by atoms with E-state index in [0.29, 0.717) is 49.7 Å². The van der Waals surface area contributed by atoms with Crippen molar-refractivity contribution in [2.75, 3.05) is 6.54 Å². The highest BCUT2D eigenvalue weighted by Crippen LogP contribution is 2.79. The zero-order valence-electron chi connectivity index (χ0n) is 31.1. The molecule has 2 aromatic carbocycles. The second kappa shape index (κ2) is 12.4. The smallest absolute Gasteiger partial charge is 0.453 e. The summed E-state index contributed by atoms with van der Waals surface area (Å²) in [5, 5.41) is 11.1. The number of carbonyl (C=O) groups excluding carboxylic acids is 2. The molecule has 1 saturated heterocycles. The molecular weight excluding hydrogens is 776 g/mol. The number of fused-ring (bicyclic) bond motifs is 2. The summed E-state index contributed by atoms with van der Waals surface area (Å²) in [5.74, 6) is -0.971. The molecule has 0 radical (unpaired) electrons. The molecule has 2 heterocycles. The zero-order valence-corrected chi connectivity index (χ0v) is 31.9. The molecule has 14 heteroatoms. The summed E-state index contributed by atoms with van der Waals surface area (Å²) in [4.78, 5) is 30.2. The first-order valence-electron chi connectivity index (χ1n) is 19.2. The largest absolute Gasteiger partial charge is 0.573 e. The molecule has 1 N–H and O–H groups in total. The summed E-state index contributed by atoms with van der Waals surface area (Å²) in [6.07, 6.45) is 0.199. The van der Waals surface area contributed by atoms with Gasteiger partial charge in [0.05, 0.1) is 23.2 Å². The molecule has 7 nitrogen and oxygen atoms in total. The molecular formula is C43H40ClF6NO6. The van der Waals surface area contributed by atoms with Crippen LogP contribution >= 0.6 is 11.6 Å². The third-order valence-electron chi connectivity index (χ3n) is 14.8. The second-order valence-electron chi connectivity index (χ2n) is 17.4. The lowest BCUT2D eigenvalue weighted by atomic mass is 9.32. The van der Waals surface area contributed by atoms with E-state index in [4.69, 9.17) is 20.8 Å². The maximum absolute atomic E-state index is 15.0. The van der Waals surface area contributed by atoms with Gasteiger partial charge in [0.1, 0.15) is 17.1 Å². The lowest BCUT2D eigenvalue weighted by Gasteiger charge is -2.71. The summed E-state index contributed by atoms with van der Waals surface area (Å²) in [7, 11) is 0. The number of Topliss-reactive ketones (excluding diaryl/α,β-unsaturated/α-hetero) is 1. The molecule has 3 saturated carbocycles. The van der Waals surface area contributed by atoms with E-state index in [9.17, 15) is 36.2 Å². The van der Waals surface area contributed by atoms with Crippen LogP contribution < -0.4 is 4.74 Å². The monoisotopic (exact) mass is 815 g/mol. The van der Waals surface area contributed by atoms with Crippen LogP contribution in [0.5, 0.6) is 5.75 Å². The van der Waals surface area contributed by atoms with Crippen LogP contribution in [0.2, 0.25) is 5.02 Å². The number of rotatable bonds is 6. The third kappa shape index (κ3) is 5.57. The van der Waals surface area contributed by atoms with Crippen LogP contribution in [0.3, 0.4) is 0 Å². The number of benzene rings is 2. The minimum absolute atomic E-state index is 0.00311. The normalized spacial score (nSPS) is 35.5. The van der Waals surface area contributed by atoms with E-state index in [1.54, 1.807) is 4.90 Å². The maximum atomic E-state index is 15.0. The Kier molecular flexibility index (Phi) is 8.33. The Labute approximate surface area is 329 Å². The standard InChI is InChI=1S/C43H40ClF6NO6/c1-37-14-11-26(52)20-39(37)17-18-41(29(21-39)35(53)32-10-9-31(55-32)28-19-25(42(45,46)47)5-8-30(28)44)33(37)12-15-38(2)34(41)13-16-40(38)23-51(36(54)57-40)22-24-3-6-27(7-4-24)56-43(48,49)50/h3-10,17-19,21,26,33-34,52H,11-16,20,22-23H2,1-2H3. The van der Waals surface area contributed by atoms with Crippen LogP contribution in [0.15, 0.2) is 82.8 Å². The SMILES string of the molecule is CC12CCC(O)CC13C=CC1(C(C(=O)c4ccc(-c5cc(C(F)(F)F)ccc5Cl)o4)=C3)C2CCC2(C)C1CCC21CN(Cc2ccc(OC(F)(F)F)cc2)C(=O)O1. The first-order chi connectivity index (χ1) is 26.7. The zero-order chi connectivity index (χ0) is 40.6. The Hall–Kier alpha value is -4.23. The highest BCUT2D eigenvalue weighted by atomic mass is 35.5. The van der Waals surface area contributed by atoms with Crippen molar-refractivity contribution in [1.29, 1.82) is 0 Å². The number of aliphatic hydroxyl groups excluding tert-OH is 1. The molecule has 6 aliphatic carbocycles. The molecule has 302 valence electrons. The van der Waals surface area contributed by atoms with E-state index in [2.05, 4.69) is 30.7 Å². The van der Waals surface area contributed by atoms with E-state index < -0.39 is 57.9 Å². The number of carbonyl (C=O) groups is 2. The Balaban J connectivity index is 1.07. The van der Waals surface area contributed by atoms with E-state index in [1.165, 1.54) is 36.4 Å². The number of amides is 1. The number of ether oxygens (including phenoxy) is 2. The van der Waals surface area contributed by atoms with Crippen molar-refractivity contribution in [2.45, 2.75) is 89.6 Å². The Morgan fingerprint density at radius 2 is 1.63 bits per heavy atom. The van der Waals surface area contributed by atoms with Gasteiger partial charge in [-0.15, -0.1) is 13.2 Å². The number of hydrogen-bond donors (Lipinski definition) is 1. The number of allylic oxidation sites excluding steroid dienone is 4. The molecule has 3 aromatic rings. The number of hydrogen-bond acceptors (Lipinski definition) is 6. The summed E-state index contributed by atoms with van der Waals surface area (Å²) >= 11 is 6.35. The minimum atomic E-state index is -4.83. The van der Waals surface area contributed by atoms with Crippen molar-refractivity contribution in [1.82, 2.24) is 4.90 Å². The van der Waals surface area contributed by atoms with Crippen molar-refractivity contribution < 1.29 is 54.9 Å². The predicted molar refractivity (Wildman–Crippen MR) is 195 cm³/mol. The van der Waals surface area contributed by atoms with Crippen LogP contribution in [0.4, 0.5) is 31.1 Å². The summed E-state index contributed by atoms with van der Waals surface area (Å²) in [6, 6.07) is 11.2. The lowest BCUT2D eigenvalue weighted by molar-refractivity contribution is -0.274. The van der Waals surface area contributed by atoms with Crippen molar-refractivity contribution in [3.63, 3.8) is 0 Å². The Bertz CT molecular complexity index is 2230. The second-order valence-corrected chi connectivity index (χ2v) is 17.8. The number of furan rings is 1. The topological polar surface area (TPSA) is 89.2 Å². The Morgan fingerprint density at radius 1 is 0.930 bits per heavy atom. The van der Waals surface area contributed by atoms with Crippen molar-refractivity contribution in [3.8, 4) is 17.1 Å². The number of aliphatic hydroxyl groups is 1. The molecule has 8 atom stereocenters. The molecule has 1 amide bonds. The van der Waals surface area contributed by atoms with Crippen molar-refractivity contribution in [3.05, 3.63) is 100 Å². The van der Waals surface area contributed by atoms with E-state index in [0.717, 1.165) is 24.6 Å². The van der Waals surface area contributed by atoms with Crippen LogP contribution in [0.25, 0.3) is 11.3 Å². The van der Waals surface area contributed by atoms with Gasteiger partial charge in [-0.2, -0.15) is 13.2 Å². The van der Waals surface area contributed by atoms with Gasteiger partial charge in [0.25, 0.3) is 0 Å². The first kappa shape index (κ1) is 38.3. The summed E-state index contributed by atoms with van der Waals surface area (Å²) in [5.41, 5.74) is -3.04. The molecule has 10 rings (SSSR count). The predicted octanol–water partition coefficient (Wildman–Crippen LogP) is 11.0. The van der Waals surface area contributed by atoms with Gasteiger partial charge in [-0.25, -0.2) is 4.79 Å². The van der Waals surface area contributed by atoms with Gasteiger partial charge in [-0.3, -0.25) is 9.69 Å². The molecule has 4 fully saturated rings. The highest BCUT2D eigenvalue weighted by Gasteiger charge is 2.76. The number of halogens is 7. The average molecular weight is 816 g/mol. The molecule has 7 aliphatic rings. The fourth-order valence-electron chi connectivity index (χ4n) is 12.2. The van der Waals surface area contributed by atoms with Crippen molar-refractivity contribution in [2.24, 2.45) is 33.5 Å². The molecule has 2 bridgehead atoms. The molecule has 57 heavy (non-hydrogen) atoms. The van der Waals surface area contributed by atoms with Gasteiger partial charge >= 0.3 is 18.6 Å². The number of alkyl halides is 6. The quantitative estimate of drug-likeness (QED) is 0.151. The van der Waals surface area contributed by atoms with Gasteiger partial charge in [0.15, 0.2) is 5.76 Å². The molecule has 1 aromatic heterocycles. The maximum Gasteiger partial charge on any atom is 0.573 e. The first-order valence-corrected chi connectivity index (χ1v) is 19.6. The Morgan fingerprint density at radius 3 is 2.35 bits per heavy atom. The fourth-order valence-corrected chi connectivity index (χ4v) is 12.4.